The van der Waals surface area contributed by atoms with Crippen molar-refractivity contribution < 1.29 is 18.7 Å². The van der Waals surface area contributed by atoms with Gasteiger partial charge >= 0.3 is 0 Å². The van der Waals surface area contributed by atoms with E-state index in [0.29, 0.717) is 19.5 Å². The zero-order chi connectivity index (χ0) is 23.5. The van der Waals surface area contributed by atoms with E-state index in [0.717, 1.165) is 44.0 Å². The van der Waals surface area contributed by atoms with Crippen molar-refractivity contribution in [3.05, 3.63) is 82.0 Å². The monoisotopic (exact) mass is 493 g/mol. The minimum atomic E-state index is 0.00492. The number of furan rings is 1. The van der Waals surface area contributed by atoms with Crippen LogP contribution in [0.4, 0.5) is 0 Å². The van der Waals surface area contributed by atoms with Gasteiger partial charge in [0.15, 0.2) is 4.96 Å². The maximum absolute atomic E-state index is 13.1. The predicted molar refractivity (Wildman–Crippen MR) is 133 cm³/mol. The maximum atomic E-state index is 13.1. The van der Waals surface area contributed by atoms with Gasteiger partial charge in [-0.2, -0.15) is 0 Å². The van der Waals surface area contributed by atoms with Gasteiger partial charge in [-0.1, -0.05) is 6.07 Å². The van der Waals surface area contributed by atoms with E-state index in [1.54, 1.807) is 31.8 Å². The van der Waals surface area contributed by atoms with Crippen LogP contribution in [0.2, 0.25) is 0 Å². The van der Waals surface area contributed by atoms with Crippen molar-refractivity contribution in [2.45, 2.75) is 13.0 Å². The number of thiazole rings is 1. The van der Waals surface area contributed by atoms with Gasteiger partial charge in [-0.05, 0) is 41.8 Å². The van der Waals surface area contributed by atoms with E-state index >= 15 is 0 Å². The lowest BCUT2D eigenvalue weighted by Gasteiger charge is -2.21. The summed E-state index contributed by atoms with van der Waals surface area (Å²) < 4.78 is 18.5. The topological polar surface area (TPSA) is 69.2 Å². The maximum Gasteiger partial charge on any atom is 0.264 e. The third kappa shape index (κ3) is 4.44. The van der Waals surface area contributed by atoms with Gasteiger partial charge in [0.05, 0.1) is 37.6 Å². The van der Waals surface area contributed by atoms with Gasteiger partial charge in [0.25, 0.3) is 5.91 Å². The Hall–Kier alpha value is -3.56. The lowest BCUT2D eigenvalue weighted by molar-refractivity contribution is 0.0738. The summed E-state index contributed by atoms with van der Waals surface area (Å²) in [5, 5.41) is 4.01. The summed E-state index contributed by atoms with van der Waals surface area (Å²) in [6.45, 7) is 0.979. The van der Waals surface area contributed by atoms with Gasteiger partial charge in [-0.15, -0.1) is 22.7 Å². The number of ether oxygens (including phenoxy) is 2. The van der Waals surface area contributed by atoms with Gasteiger partial charge in [0, 0.05) is 35.8 Å². The van der Waals surface area contributed by atoms with Crippen LogP contribution in [0.5, 0.6) is 11.5 Å². The number of amides is 1. The largest absolute Gasteiger partial charge is 0.497 e. The highest BCUT2D eigenvalue weighted by Gasteiger charge is 2.20. The van der Waals surface area contributed by atoms with E-state index in [1.165, 1.54) is 11.3 Å². The summed E-state index contributed by atoms with van der Waals surface area (Å²) in [7, 11) is 3.29. The van der Waals surface area contributed by atoms with Crippen LogP contribution < -0.4 is 9.47 Å². The van der Waals surface area contributed by atoms with Crippen molar-refractivity contribution in [2.24, 2.45) is 0 Å². The average Bonchev–Trinajstić information content (AvgIpc) is 3.66. The van der Waals surface area contributed by atoms with Crippen molar-refractivity contribution in [3.63, 3.8) is 0 Å². The zero-order valence-corrected chi connectivity index (χ0v) is 20.4. The Balaban J connectivity index is 1.40. The van der Waals surface area contributed by atoms with E-state index in [1.807, 2.05) is 58.9 Å². The van der Waals surface area contributed by atoms with Gasteiger partial charge in [0.2, 0.25) is 0 Å². The molecule has 9 heteroatoms. The van der Waals surface area contributed by atoms with Gasteiger partial charge in [-0.25, -0.2) is 4.98 Å². The molecule has 0 bridgehead atoms. The minimum Gasteiger partial charge on any atom is -0.497 e. The normalized spacial score (nSPS) is 11.1. The number of aromatic nitrogens is 2. The lowest BCUT2D eigenvalue weighted by Crippen LogP contribution is -2.32. The number of carbonyl (C=O) groups excluding carboxylic acids is 1. The van der Waals surface area contributed by atoms with Gasteiger partial charge in [0.1, 0.15) is 17.3 Å². The number of nitrogens with zero attached hydrogens (tertiary/aromatic N) is 3. The number of fused-ring (bicyclic) bond motifs is 1. The molecular formula is C25H23N3O4S2. The Kier molecular flexibility index (Phi) is 6.37. The molecule has 0 aliphatic rings. The van der Waals surface area contributed by atoms with E-state index < -0.39 is 0 Å². The number of methoxy groups -OCH3 is 2. The van der Waals surface area contributed by atoms with Crippen molar-refractivity contribution in [2.75, 3.05) is 20.8 Å². The van der Waals surface area contributed by atoms with Crippen molar-refractivity contribution in [1.82, 2.24) is 14.3 Å². The SMILES string of the molecule is COc1ccc(OC)c(-c2cn3c(CCN(Cc4ccco4)C(=O)c4cccs4)csc3n2)c1. The zero-order valence-electron chi connectivity index (χ0n) is 18.8. The molecule has 0 unspecified atom stereocenters. The lowest BCUT2D eigenvalue weighted by atomic mass is 10.1. The van der Waals surface area contributed by atoms with Crippen molar-refractivity contribution in [3.8, 4) is 22.8 Å². The van der Waals surface area contributed by atoms with E-state index in [2.05, 4.69) is 9.78 Å². The number of carbonyl (C=O) groups is 1. The summed E-state index contributed by atoms with van der Waals surface area (Å²) in [5.74, 6) is 2.24. The summed E-state index contributed by atoms with van der Waals surface area (Å²) in [5.41, 5.74) is 2.77. The first kappa shape index (κ1) is 22.2. The highest BCUT2D eigenvalue weighted by molar-refractivity contribution is 7.15. The molecule has 0 spiro atoms. The molecule has 5 rings (SSSR count). The first-order chi connectivity index (χ1) is 16.7. The van der Waals surface area contributed by atoms with Crippen LogP contribution >= 0.6 is 22.7 Å². The van der Waals surface area contributed by atoms with E-state index in [4.69, 9.17) is 18.9 Å². The molecule has 4 heterocycles. The van der Waals surface area contributed by atoms with Crippen LogP contribution in [0.25, 0.3) is 16.2 Å². The van der Waals surface area contributed by atoms with Crippen LogP contribution in [0.15, 0.2) is 70.1 Å². The number of thiophene rings is 1. The van der Waals surface area contributed by atoms with E-state index in [-0.39, 0.29) is 5.91 Å². The van der Waals surface area contributed by atoms with Crippen LogP contribution in [-0.4, -0.2) is 41.0 Å². The Morgan fingerprint density at radius 2 is 2.06 bits per heavy atom. The van der Waals surface area contributed by atoms with Crippen LogP contribution in [0, 0.1) is 0 Å². The van der Waals surface area contributed by atoms with Crippen LogP contribution in [0.1, 0.15) is 21.1 Å². The van der Waals surface area contributed by atoms with Crippen molar-refractivity contribution >= 4 is 33.5 Å². The third-order valence-electron chi connectivity index (χ3n) is 5.55. The predicted octanol–water partition coefficient (Wildman–Crippen LogP) is 5.62. The molecule has 0 aliphatic heterocycles. The van der Waals surface area contributed by atoms with Crippen LogP contribution in [-0.2, 0) is 13.0 Å². The quantitative estimate of drug-likeness (QED) is 0.267. The van der Waals surface area contributed by atoms with E-state index in [9.17, 15) is 4.79 Å². The standard InChI is InChI=1S/C25H23N3O4S2/c1-30-18-7-8-22(31-2)20(13-18)21-15-28-17(16-34-25(28)26-21)9-10-27(14-19-5-3-11-32-19)24(29)23-6-4-12-33-23/h3-8,11-13,15-16H,9-10,14H2,1-2H3. The highest BCUT2D eigenvalue weighted by Crippen LogP contribution is 2.34. The molecule has 1 amide bonds. The first-order valence-corrected chi connectivity index (χ1v) is 12.4. The third-order valence-corrected chi connectivity index (χ3v) is 7.30. The summed E-state index contributed by atoms with van der Waals surface area (Å²) in [4.78, 5) is 21.4. The average molecular weight is 494 g/mol. The molecule has 0 saturated heterocycles. The molecule has 5 aromatic rings. The molecule has 4 aromatic heterocycles. The summed E-state index contributed by atoms with van der Waals surface area (Å²) in [6, 6.07) is 13.2. The molecule has 1 aromatic carbocycles. The number of imidazole rings is 1. The minimum absolute atomic E-state index is 0.00492. The fraction of sp³-hybridized carbons (Fsp3) is 0.200. The molecule has 34 heavy (non-hydrogen) atoms. The number of rotatable bonds is 9. The van der Waals surface area contributed by atoms with Crippen LogP contribution in [0.3, 0.4) is 0 Å². The molecule has 0 N–H and O–H groups in total. The molecule has 174 valence electrons. The van der Waals surface area contributed by atoms with Gasteiger partial charge in [-0.3, -0.25) is 9.20 Å². The Bertz CT molecular complexity index is 1390. The second-order valence-electron chi connectivity index (χ2n) is 7.61. The fourth-order valence-corrected chi connectivity index (χ4v) is 5.40. The smallest absolute Gasteiger partial charge is 0.264 e. The number of benzene rings is 1. The summed E-state index contributed by atoms with van der Waals surface area (Å²) >= 11 is 3.02. The summed E-state index contributed by atoms with van der Waals surface area (Å²) in [6.07, 6.45) is 4.32. The molecular weight excluding hydrogens is 470 g/mol. The Morgan fingerprint density at radius 1 is 1.15 bits per heavy atom. The van der Waals surface area contributed by atoms with Gasteiger partial charge < -0.3 is 18.8 Å². The molecule has 0 aliphatic carbocycles. The number of hydrogen-bond donors (Lipinski definition) is 0. The fourth-order valence-electron chi connectivity index (χ4n) is 3.80. The number of hydrogen-bond acceptors (Lipinski definition) is 7. The molecule has 0 radical (unpaired) electrons. The Labute approximate surface area is 204 Å². The highest BCUT2D eigenvalue weighted by atomic mass is 32.1. The molecule has 0 saturated carbocycles. The second-order valence-corrected chi connectivity index (χ2v) is 9.39. The molecule has 0 atom stereocenters. The molecule has 0 fully saturated rings. The first-order valence-electron chi connectivity index (χ1n) is 10.7. The Morgan fingerprint density at radius 3 is 2.79 bits per heavy atom. The van der Waals surface area contributed by atoms with Crippen molar-refractivity contribution in [1.29, 1.82) is 0 Å². The molecule has 7 nitrogen and oxygen atoms in total. The second kappa shape index (κ2) is 9.74.